The van der Waals surface area contributed by atoms with E-state index in [1.807, 2.05) is 0 Å². The number of hydrogen-bond donors (Lipinski definition) is 1. The number of pyridine rings is 1. The van der Waals surface area contributed by atoms with Crippen molar-refractivity contribution in [1.82, 2.24) is 4.98 Å². The summed E-state index contributed by atoms with van der Waals surface area (Å²) in [7, 11) is 1.36. The standard InChI is InChI=1S/C15H13ClF4N2O/c1-23-13-5-4-12(9(7-21)15(18,19)20)22-14(13)8-2-3-11(17)10(16)6-8/h2-6,9H,7,21H2,1H3. The minimum absolute atomic E-state index is 0.134. The highest BCUT2D eigenvalue weighted by molar-refractivity contribution is 6.31. The number of aromatic nitrogens is 1. The second-order valence-corrected chi connectivity index (χ2v) is 5.15. The third-order valence-corrected chi connectivity index (χ3v) is 3.57. The Bertz CT molecular complexity index is 706. The first-order valence-corrected chi connectivity index (χ1v) is 6.93. The molecule has 0 aliphatic rings. The SMILES string of the molecule is COc1ccc(C(CN)C(F)(F)F)nc1-c1ccc(F)c(Cl)c1. The van der Waals surface area contributed by atoms with Gasteiger partial charge in [-0.3, -0.25) is 0 Å². The third kappa shape index (κ3) is 3.73. The van der Waals surface area contributed by atoms with Gasteiger partial charge in [-0.1, -0.05) is 11.6 Å². The first-order chi connectivity index (χ1) is 10.8. The summed E-state index contributed by atoms with van der Waals surface area (Å²) in [4.78, 5) is 4.02. The first kappa shape index (κ1) is 17.5. The van der Waals surface area contributed by atoms with Crippen LogP contribution in [-0.2, 0) is 0 Å². The summed E-state index contributed by atoms with van der Waals surface area (Å²) in [6, 6.07) is 6.31. The zero-order valence-electron chi connectivity index (χ0n) is 12.0. The van der Waals surface area contributed by atoms with Crippen LogP contribution >= 0.6 is 11.6 Å². The Kier molecular flexibility index (Phi) is 5.11. The van der Waals surface area contributed by atoms with Gasteiger partial charge in [-0.2, -0.15) is 13.2 Å². The Morgan fingerprint density at radius 3 is 2.48 bits per heavy atom. The summed E-state index contributed by atoms with van der Waals surface area (Å²) in [6.45, 7) is -0.632. The molecule has 1 atom stereocenters. The van der Waals surface area contributed by atoms with E-state index < -0.39 is 24.5 Å². The summed E-state index contributed by atoms with van der Waals surface area (Å²) >= 11 is 5.72. The van der Waals surface area contributed by atoms with Gasteiger partial charge in [-0.25, -0.2) is 9.37 Å². The lowest BCUT2D eigenvalue weighted by atomic mass is 10.0. The summed E-state index contributed by atoms with van der Waals surface area (Å²) < 4.78 is 57.4. The molecule has 2 N–H and O–H groups in total. The maximum Gasteiger partial charge on any atom is 0.398 e. The van der Waals surface area contributed by atoms with Gasteiger partial charge in [-0.15, -0.1) is 0 Å². The second kappa shape index (κ2) is 6.72. The van der Waals surface area contributed by atoms with Crippen LogP contribution in [0, 0.1) is 5.82 Å². The average molecular weight is 349 g/mol. The number of alkyl halides is 3. The van der Waals surface area contributed by atoms with Crippen LogP contribution in [0.15, 0.2) is 30.3 Å². The normalized spacial score (nSPS) is 13.0. The molecule has 0 bridgehead atoms. The number of hydrogen-bond acceptors (Lipinski definition) is 3. The lowest BCUT2D eigenvalue weighted by Crippen LogP contribution is -2.28. The van der Waals surface area contributed by atoms with Crippen LogP contribution in [0.4, 0.5) is 17.6 Å². The number of methoxy groups -OCH3 is 1. The first-order valence-electron chi connectivity index (χ1n) is 6.55. The van der Waals surface area contributed by atoms with Crippen molar-refractivity contribution in [1.29, 1.82) is 0 Å². The molecule has 124 valence electrons. The number of benzene rings is 1. The van der Waals surface area contributed by atoms with Gasteiger partial charge in [-0.05, 0) is 30.3 Å². The fourth-order valence-electron chi connectivity index (χ4n) is 2.09. The molecule has 0 saturated carbocycles. The molecule has 2 rings (SSSR count). The molecular formula is C15H13ClF4N2O. The van der Waals surface area contributed by atoms with Gasteiger partial charge >= 0.3 is 6.18 Å². The van der Waals surface area contributed by atoms with Crippen molar-refractivity contribution in [3.63, 3.8) is 0 Å². The molecule has 0 spiro atoms. The molecule has 2 aromatic rings. The Morgan fingerprint density at radius 1 is 1.26 bits per heavy atom. The number of halogens is 5. The van der Waals surface area contributed by atoms with Crippen LogP contribution in [0.3, 0.4) is 0 Å². The molecule has 0 fully saturated rings. The Hall–Kier alpha value is -1.86. The van der Waals surface area contributed by atoms with Crippen molar-refractivity contribution in [2.45, 2.75) is 12.1 Å². The fourth-order valence-corrected chi connectivity index (χ4v) is 2.27. The Morgan fingerprint density at radius 2 is 1.96 bits per heavy atom. The molecule has 8 heteroatoms. The zero-order chi connectivity index (χ0) is 17.2. The quantitative estimate of drug-likeness (QED) is 0.844. The van der Waals surface area contributed by atoms with Crippen LogP contribution in [0.5, 0.6) is 5.75 Å². The van der Waals surface area contributed by atoms with Crippen molar-refractivity contribution in [2.24, 2.45) is 5.73 Å². The maximum atomic E-state index is 13.3. The second-order valence-electron chi connectivity index (χ2n) is 4.75. The minimum atomic E-state index is -4.52. The van der Waals surface area contributed by atoms with E-state index in [-0.39, 0.29) is 22.2 Å². The molecular weight excluding hydrogens is 336 g/mol. The predicted molar refractivity (Wildman–Crippen MR) is 79.0 cm³/mol. The van der Waals surface area contributed by atoms with Gasteiger partial charge in [0.1, 0.15) is 23.2 Å². The van der Waals surface area contributed by atoms with Crippen molar-refractivity contribution < 1.29 is 22.3 Å². The van der Waals surface area contributed by atoms with Crippen LogP contribution in [-0.4, -0.2) is 24.8 Å². The van der Waals surface area contributed by atoms with E-state index in [2.05, 4.69) is 4.98 Å². The van der Waals surface area contributed by atoms with Gasteiger partial charge in [0, 0.05) is 12.1 Å². The lowest BCUT2D eigenvalue weighted by Gasteiger charge is -2.19. The highest BCUT2D eigenvalue weighted by atomic mass is 35.5. The van der Waals surface area contributed by atoms with E-state index in [9.17, 15) is 17.6 Å². The van der Waals surface area contributed by atoms with Gasteiger partial charge in [0.15, 0.2) is 0 Å². The molecule has 0 aliphatic heterocycles. The van der Waals surface area contributed by atoms with Crippen molar-refractivity contribution in [3.05, 3.63) is 46.9 Å². The van der Waals surface area contributed by atoms with Crippen LogP contribution < -0.4 is 10.5 Å². The highest BCUT2D eigenvalue weighted by Gasteiger charge is 2.41. The Labute approximate surface area is 135 Å². The fraction of sp³-hybridized carbons (Fsp3) is 0.267. The van der Waals surface area contributed by atoms with Gasteiger partial charge in [0.2, 0.25) is 0 Å². The molecule has 0 radical (unpaired) electrons. The van der Waals surface area contributed by atoms with Gasteiger partial charge in [0.05, 0.1) is 17.8 Å². The van der Waals surface area contributed by atoms with Gasteiger partial charge < -0.3 is 10.5 Å². The van der Waals surface area contributed by atoms with Crippen molar-refractivity contribution in [3.8, 4) is 17.0 Å². The third-order valence-electron chi connectivity index (χ3n) is 3.28. The van der Waals surface area contributed by atoms with E-state index >= 15 is 0 Å². The Balaban J connectivity index is 2.57. The molecule has 23 heavy (non-hydrogen) atoms. The summed E-state index contributed by atoms with van der Waals surface area (Å²) in [6.07, 6.45) is -4.52. The summed E-state index contributed by atoms with van der Waals surface area (Å²) in [5.41, 5.74) is 5.47. The molecule has 1 aromatic heterocycles. The van der Waals surface area contributed by atoms with Crippen molar-refractivity contribution >= 4 is 11.6 Å². The predicted octanol–water partition coefficient (Wildman–Crippen LogP) is 4.15. The minimum Gasteiger partial charge on any atom is -0.494 e. The zero-order valence-corrected chi connectivity index (χ0v) is 12.7. The lowest BCUT2D eigenvalue weighted by molar-refractivity contribution is -0.148. The number of nitrogens with zero attached hydrogens (tertiary/aromatic N) is 1. The van der Waals surface area contributed by atoms with E-state index in [0.29, 0.717) is 5.56 Å². The highest BCUT2D eigenvalue weighted by Crippen LogP contribution is 2.37. The number of rotatable bonds is 4. The number of ether oxygens (including phenoxy) is 1. The van der Waals surface area contributed by atoms with Crippen LogP contribution in [0.2, 0.25) is 5.02 Å². The maximum absolute atomic E-state index is 13.3. The average Bonchev–Trinajstić information content (AvgIpc) is 2.49. The van der Waals surface area contributed by atoms with E-state index in [1.54, 1.807) is 0 Å². The largest absolute Gasteiger partial charge is 0.494 e. The van der Waals surface area contributed by atoms with E-state index in [0.717, 1.165) is 6.07 Å². The number of nitrogens with two attached hydrogens (primary N) is 1. The molecule has 0 amide bonds. The topological polar surface area (TPSA) is 48.1 Å². The van der Waals surface area contributed by atoms with Crippen LogP contribution in [0.25, 0.3) is 11.3 Å². The molecule has 1 heterocycles. The molecule has 1 unspecified atom stereocenters. The van der Waals surface area contributed by atoms with Crippen LogP contribution in [0.1, 0.15) is 11.6 Å². The summed E-state index contributed by atoms with van der Waals surface area (Å²) in [5.74, 6) is -2.29. The monoisotopic (exact) mass is 348 g/mol. The summed E-state index contributed by atoms with van der Waals surface area (Å²) in [5, 5.41) is -0.164. The molecule has 1 aromatic carbocycles. The molecule has 0 saturated heterocycles. The smallest absolute Gasteiger partial charge is 0.398 e. The molecule has 3 nitrogen and oxygen atoms in total. The van der Waals surface area contributed by atoms with E-state index in [4.69, 9.17) is 22.1 Å². The van der Waals surface area contributed by atoms with Gasteiger partial charge in [0.25, 0.3) is 0 Å². The molecule has 0 aliphatic carbocycles. The van der Waals surface area contributed by atoms with Crippen molar-refractivity contribution in [2.75, 3.05) is 13.7 Å². The van der Waals surface area contributed by atoms with E-state index in [1.165, 1.54) is 31.4 Å².